The third kappa shape index (κ3) is 4.25. The fourth-order valence-electron chi connectivity index (χ4n) is 3.67. The van der Waals surface area contributed by atoms with Crippen LogP contribution >= 0.6 is 0 Å². The molecule has 0 saturated carbocycles. The van der Waals surface area contributed by atoms with Gasteiger partial charge in [0.1, 0.15) is 11.3 Å². The van der Waals surface area contributed by atoms with Gasteiger partial charge in [-0.1, -0.05) is 18.2 Å². The molecule has 0 spiro atoms. The van der Waals surface area contributed by atoms with Crippen molar-refractivity contribution in [1.82, 2.24) is 14.9 Å². The molecule has 32 heavy (non-hydrogen) atoms. The summed E-state index contributed by atoms with van der Waals surface area (Å²) in [6.07, 6.45) is -0.784. The first-order valence-electron chi connectivity index (χ1n) is 10.3. The smallest absolute Gasteiger partial charge is 0.348 e. The van der Waals surface area contributed by atoms with Gasteiger partial charge in [0, 0.05) is 35.9 Å². The summed E-state index contributed by atoms with van der Waals surface area (Å²) in [7, 11) is 0. The fourth-order valence-corrected chi connectivity index (χ4v) is 3.67. The standard InChI is InChI=1S/C24H23N3O5/c1-14-12-15(2)27(24(30)26-14)11-10-25-22(28)16(3)31-17-8-9-19-18-6-4-5-7-20(18)23(29)32-21(19)13-17/h4-9,12-13,16H,10-11H2,1-3H3,(H,25,28). The first kappa shape index (κ1) is 21.3. The Labute approximate surface area is 183 Å². The number of benzene rings is 2. The SMILES string of the molecule is Cc1cc(C)n(CCNC(=O)C(C)Oc2ccc3c(c2)oc(=O)c2ccccc23)c(=O)n1. The van der Waals surface area contributed by atoms with Gasteiger partial charge in [0.2, 0.25) is 0 Å². The minimum Gasteiger partial charge on any atom is -0.481 e. The topological polar surface area (TPSA) is 103 Å². The minimum absolute atomic E-state index is 0.261. The van der Waals surface area contributed by atoms with Gasteiger partial charge in [-0.15, -0.1) is 0 Å². The van der Waals surface area contributed by atoms with Gasteiger partial charge in [-0.3, -0.25) is 9.36 Å². The number of carbonyl (C=O) groups is 1. The van der Waals surface area contributed by atoms with E-state index in [1.54, 1.807) is 44.2 Å². The van der Waals surface area contributed by atoms with Crippen LogP contribution in [0, 0.1) is 13.8 Å². The zero-order chi connectivity index (χ0) is 22.8. The van der Waals surface area contributed by atoms with E-state index in [0.717, 1.165) is 16.5 Å². The molecule has 1 unspecified atom stereocenters. The van der Waals surface area contributed by atoms with Gasteiger partial charge in [0.15, 0.2) is 6.10 Å². The summed E-state index contributed by atoms with van der Waals surface area (Å²) in [6.45, 7) is 5.78. The van der Waals surface area contributed by atoms with Gasteiger partial charge in [-0.2, -0.15) is 4.98 Å². The molecule has 0 aliphatic rings. The van der Waals surface area contributed by atoms with Crippen LogP contribution in [-0.2, 0) is 11.3 Å². The number of aromatic nitrogens is 2. The molecule has 0 saturated heterocycles. The Hall–Kier alpha value is -3.94. The van der Waals surface area contributed by atoms with Crippen LogP contribution in [0.1, 0.15) is 18.3 Å². The lowest BCUT2D eigenvalue weighted by Crippen LogP contribution is -2.39. The molecule has 4 rings (SSSR count). The molecule has 0 radical (unpaired) electrons. The molecule has 164 valence electrons. The lowest BCUT2D eigenvalue weighted by atomic mass is 10.1. The number of nitrogens with zero attached hydrogens (tertiary/aromatic N) is 2. The van der Waals surface area contributed by atoms with E-state index in [1.165, 1.54) is 4.57 Å². The van der Waals surface area contributed by atoms with Crippen LogP contribution in [0.4, 0.5) is 0 Å². The summed E-state index contributed by atoms with van der Waals surface area (Å²) in [5.41, 5.74) is 1.07. The van der Waals surface area contributed by atoms with E-state index in [2.05, 4.69) is 10.3 Å². The summed E-state index contributed by atoms with van der Waals surface area (Å²) < 4.78 is 12.7. The van der Waals surface area contributed by atoms with E-state index in [9.17, 15) is 14.4 Å². The maximum Gasteiger partial charge on any atom is 0.348 e. The Morgan fingerprint density at radius 3 is 2.59 bits per heavy atom. The van der Waals surface area contributed by atoms with Crippen LogP contribution in [-0.4, -0.2) is 28.1 Å². The Kier molecular flexibility index (Phi) is 5.77. The highest BCUT2D eigenvalue weighted by Gasteiger charge is 2.16. The number of ether oxygens (including phenoxy) is 1. The van der Waals surface area contributed by atoms with Crippen molar-refractivity contribution in [3.63, 3.8) is 0 Å². The van der Waals surface area contributed by atoms with Crippen LogP contribution < -0.4 is 21.4 Å². The number of rotatable bonds is 6. The first-order chi connectivity index (χ1) is 15.3. The number of amides is 1. The van der Waals surface area contributed by atoms with E-state index in [4.69, 9.17) is 9.15 Å². The number of hydrogen-bond acceptors (Lipinski definition) is 6. The second-order valence-corrected chi connectivity index (χ2v) is 7.62. The molecule has 4 aromatic rings. The highest BCUT2D eigenvalue weighted by atomic mass is 16.5. The largest absolute Gasteiger partial charge is 0.481 e. The lowest BCUT2D eigenvalue weighted by molar-refractivity contribution is -0.127. The number of nitrogens with one attached hydrogen (secondary N) is 1. The molecule has 0 aliphatic carbocycles. The molecule has 1 amide bonds. The number of fused-ring (bicyclic) bond motifs is 3. The maximum atomic E-state index is 12.4. The molecule has 2 aromatic heterocycles. The fraction of sp³-hybridized carbons (Fsp3) is 0.250. The Balaban J connectivity index is 1.43. The highest BCUT2D eigenvalue weighted by molar-refractivity contribution is 6.04. The lowest BCUT2D eigenvalue weighted by Gasteiger charge is -2.16. The van der Waals surface area contributed by atoms with Crippen molar-refractivity contribution < 1.29 is 13.9 Å². The monoisotopic (exact) mass is 433 g/mol. The van der Waals surface area contributed by atoms with Crippen molar-refractivity contribution in [2.75, 3.05) is 6.54 Å². The number of carbonyl (C=O) groups excluding carboxylic acids is 1. The van der Waals surface area contributed by atoms with Gasteiger partial charge < -0.3 is 14.5 Å². The van der Waals surface area contributed by atoms with Crippen molar-refractivity contribution in [2.24, 2.45) is 0 Å². The second-order valence-electron chi connectivity index (χ2n) is 7.62. The minimum atomic E-state index is -0.784. The summed E-state index contributed by atoms with van der Waals surface area (Å²) >= 11 is 0. The normalized spacial score (nSPS) is 12.1. The van der Waals surface area contributed by atoms with Crippen molar-refractivity contribution in [3.8, 4) is 5.75 Å². The quantitative estimate of drug-likeness (QED) is 0.370. The van der Waals surface area contributed by atoms with Gasteiger partial charge >= 0.3 is 11.3 Å². The average molecular weight is 433 g/mol. The highest BCUT2D eigenvalue weighted by Crippen LogP contribution is 2.26. The molecular formula is C24H23N3O5. The predicted molar refractivity (Wildman–Crippen MR) is 121 cm³/mol. The van der Waals surface area contributed by atoms with E-state index in [1.807, 2.05) is 25.1 Å². The van der Waals surface area contributed by atoms with Gasteiger partial charge in [0.25, 0.3) is 5.91 Å². The van der Waals surface area contributed by atoms with Crippen LogP contribution in [0.3, 0.4) is 0 Å². The van der Waals surface area contributed by atoms with E-state index >= 15 is 0 Å². The summed E-state index contributed by atoms with van der Waals surface area (Å²) in [4.78, 5) is 40.6. The molecule has 0 fully saturated rings. The molecule has 8 nitrogen and oxygen atoms in total. The molecule has 2 aromatic carbocycles. The molecular weight excluding hydrogens is 410 g/mol. The van der Waals surface area contributed by atoms with Crippen molar-refractivity contribution in [3.05, 3.63) is 80.8 Å². The summed E-state index contributed by atoms with van der Waals surface area (Å²) in [5, 5.41) is 4.87. The van der Waals surface area contributed by atoms with E-state index in [0.29, 0.717) is 29.0 Å². The zero-order valence-electron chi connectivity index (χ0n) is 18.0. The third-order valence-electron chi connectivity index (χ3n) is 5.26. The molecule has 0 aliphatic heterocycles. The van der Waals surface area contributed by atoms with Crippen LogP contribution in [0.25, 0.3) is 21.7 Å². The number of aryl methyl sites for hydroxylation is 2. The van der Waals surface area contributed by atoms with Gasteiger partial charge in [0.05, 0.1) is 5.39 Å². The Morgan fingerprint density at radius 1 is 1.09 bits per heavy atom. The van der Waals surface area contributed by atoms with E-state index < -0.39 is 11.7 Å². The maximum absolute atomic E-state index is 12.4. The molecule has 0 bridgehead atoms. The van der Waals surface area contributed by atoms with Gasteiger partial charge in [-0.25, -0.2) is 9.59 Å². The second kappa shape index (κ2) is 8.66. The molecule has 1 atom stereocenters. The number of hydrogen-bond donors (Lipinski definition) is 1. The Bertz CT molecular complexity index is 1440. The summed E-state index contributed by atoms with van der Waals surface area (Å²) in [6, 6.07) is 14.2. The van der Waals surface area contributed by atoms with Crippen LogP contribution in [0.15, 0.2) is 62.5 Å². The summed E-state index contributed by atoms with van der Waals surface area (Å²) in [5.74, 6) is 0.0872. The zero-order valence-corrected chi connectivity index (χ0v) is 18.0. The molecule has 8 heteroatoms. The van der Waals surface area contributed by atoms with Crippen LogP contribution in [0.5, 0.6) is 5.75 Å². The average Bonchev–Trinajstić information content (AvgIpc) is 2.75. The van der Waals surface area contributed by atoms with Crippen LogP contribution in [0.2, 0.25) is 0 Å². The van der Waals surface area contributed by atoms with Crippen molar-refractivity contribution in [2.45, 2.75) is 33.4 Å². The van der Waals surface area contributed by atoms with Crippen molar-refractivity contribution >= 4 is 27.6 Å². The molecule has 1 N–H and O–H groups in total. The third-order valence-corrected chi connectivity index (χ3v) is 5.26. The predicted octanol–water partition coefficient (Wildman–Crippen LogP) is 2.70. The molecule has 2 heterocycles. The Morgan fingerprint density at radius 2 is 1.84 bits per heavy atom. The van der Waals surface area contributed by atoms with Gasteiger partial charge in [-0.05, 0) is 50.4 Å². The van der Waals surface area contributed by atoms with Crippen molar-refractivity contribution in [1.29, 1.82) is 0 Å². The first-order valence-corrected chi connectivity index (χ1v) is 10.3. The van der Waals surface area contributed by atoms with E-state index in [-0.39, 0.29) is 18.1 Å².